The van der Waals surface area contributed by atoms with Gasteiger partial charge in [0.15, 0.2) is 17.5 Å². The molecule has 0 spiro atoms. The van der Waals surface area contributed by atoms with Crippen LogP contribution in [-0.4, -0.2) is 29.5 Å². The number of hydrogen-bond acceptors (Lipinski definition) is 5. The summed E-state index contributed by atoms with van der Waals surface area (Å²) in [4.78, 5) is 24.4. The second-order valence-electron chi connectivity index (χ2n) is 12.2. The van der Waals surface area contributed by atoms with Gasteiger partial charge in [-0.2, -0.15) is 0 Å². The SMILES string of the molecule is c1ccc(-c2nc(-c3ccccc3)nc(-c3ccc(-c4ccc(-c5ccc(-c6nc7ccccc7n6-c6ccccc6)cn5)cc4)cc3)n2)cc1. The number of hydrogen-bond donors (Lipinski definition) is 0. The Hall–Kier alpha value is -7.05. The van der Waals surface area contributed by atoms with Crippen LogP contribution in [0.1, 0.15) is 0 Å². The summed E-state index contributed by atoms with van der Waals surface area (Å²) in [7, 11) is 0. The third-order valence-electron chi connectivity index (χ3n) is 8.95. The molecule has 0 aliphatic rings. The molecule has 9 rings (SSSR count). The van der Waals surface area contributed by atoms with E-state index in [2.05, 4.69) is 83.4 Å². The van der Waals surface area contributed by atoms with E-state index in [0.29, 0.717) is 17.5 Å². The zero-order valence-electron chi connectivity index (χ0n) is 27.5. The van der Waals surface area contributed by atoms with E-state index < -0.39 is 0 Å². The molecule has 51 heavy (non-hydrogen) atoms. The third kappa shape index (κ3) is 5.96. The van der Waals surface area contributed by atoms with Gasteiger partial charge in [-0.25, -0.2) is 19.9 Å². The molecule has 9 aromatic rings. The van der Waals surface area contributed by atoms with E-state index in [-0.39, 0.29) is 0 Å². The normalized spacial score (nSPS) is 11.1. The second-order valence-corrected chi connectivity index (χ2v) is 12.2. The van der Waals surface area contributed by atoms with Crippen molar-refractivity contribution in [3.05, 3.63) is 182 Å². The second kappa shape index (κ2) is 13.1. The standard InChI is InChI=1S/C45H30N6/c1-4-12-34(13-5-1)42-48-43(35-14-6-2-7-15-35)50-44(49-42)36-26-22-32(23-27-36)31-20-24-33(25-21-31)39-29-28-37(30-46-39)45-47-40-18-10-11-19-41(40)51(45)38-16-8-3-9-17-38/h1-30H. The quantitative estimate of drug-likeness (QED) is 0.171. The summed E-state index contributed by atoms with van der Waals surface area (Å²) < 4.78 is 2.19. The molecular formula is C45H30N6. The zero-order valence-corrected chi connectivity index (χ0v) is 27.5. The summed E-state index contributed by atoms with van der Waals surface area (Å²) in [6.07, 6.45) is 1.91. The summed E-state index contributed by atoms with van der Waals surface area (Å²) in [5, 5.41) is 0. The molecule has 6 aromatic carbocycles. The van der Waals surface area contributed by atoms with Crippen molar-refractivity contribution in [2.45, 2.75) is 0 Å². The topological polar surface area (TPSA) is 69.4 Å². The van der Waals surface area contributed by atoms with Crippen LogP contribution in [0.2, 0.25) is 0 Å². The van der Waals surface area contributed by atoms with Crippen LogP contribution >= 0.6 is 0 Å². The van der Waals surface area contributed by atoms with E-state index in [1.165, 1.54) is 0 Å². The summed E-state index contributed by atoms with van der Waals surface area (Å²) in [6.45, 7) is 0. The average molecular weight is 655 g/mol. The van der Waals surface area contributed by atoms with Crippen molar-refractivity contribution in [1.82, 2.24) is 29.5 Å². The fourth-order valence-corrected chi connectivity index (χ4v) is 6.34. The van der Waals surface area contributed by atoms with Crippen LogP contribution in [-0.2, 0) is 0 Å². The van der Waals surface area contributed by atoms with Crippen molar-refractivity contribution >= 4 is 11.0 Å². The summed E-state index contributed by atoms with van der Waals surface area (Å²) in [5.74, 6) is 2.80. The molecule has 0 unspecified atom stereocenters. The highest BCUT2D eigenvalue weighted by Crippen LogP contribution is 2.31. The molecule has 0 bridgehead atoms. The van der Waals surface area contributed by atoms with E-state index in [1.54, 1.807) is 0 Å². The van der Waals surface area contributed by atoms with Gasteiger partial charge in [0, 0.05) is 39.7 Å². The maximum atomic E-state index is 4.98. The van der Waals surface area contributed by atoms with Crippen LogP contribution in [0.25, 0.3) is 84.7 Å². The molecule has 0 saturated carbocycles. The van der Waals surface area contributed by atoms with E-state index >= 15 is 0 Å². The Morgan fingerprint density at radius 2 is 0.784 bits per heavy atom. The lowest BCUT2D eigenvalue weighted by Gasteiger charge is -2.10. The summed E-state index contributed by atoms with van der Waals surface area (Å²) in [6, 6.07) is 59.7. The van der Waals surface area contributed by atoms with Gasteiger partial charge in [0.1, 0.15) is 5.82 Å². The molecule has 0 aliphatic heterocycles. The maximum absolute atomic E-state index is 4.98. The number of imidazole rings is 1. The molecule has 0 fully saturated rings. The van der Waals surface area contributed by atoms with Gasteiger partial charge in [0.05, 0.1) is 16.7 Å². The Bertz CT molecular complexity index is 2520. The molecule has 0 atom stereocenters. The number of fused-ring (bicyclic) bond motifs is 1. The predicted octanol–water partition coefficient (Wildman–Crippen LogP) is 10.6. The van der Waals surface area contributed by atoms with E-state index in [0.717, 1.165) is 67.2 Å². The number of nitrogens with zero attached hydrogens (tertiary/aromatic N) is 6. The Morgan fingerprint density at radius 3 is 1.33 bits per heavy atom. The number of para-hydroxylation sites is 3. The van der Waals surface area contributed by atoms with E-state index in [9.17, 15) is 0 Å². The number of benzene rings is 6. The zero-order chi connectivity index (χ0) is 34.0. The smallest absolute Gasteiger partial charge is 0.164 e. The van der Waals surface area contributed by atoms with Gasteiger partial charge in [-0.3, -0.25) is 9.55 Å². The maximum Gasteiger partial charge on any atom is 0.164 e. The Kier molecular flexibility index (Phi) is 7.72. The molecule has 0 saturated heterocycles. The minimum Gasteiger partial charge on any atom is -0.292 e. The van der Waals surface area contributed by atoms with Crippen LogP contribution in [0.15, 0.2) is 182 Å². The lowest BCUT2D eigenvalue weighted by Crippen LogP contribution is -2.00. The predicted molar refractivity (Wildman–Crippen MR) is 205 cm³/mol. The molecule has 3 aromatic heterocycles. The molecule has 0 aliphatic carbocycles. The Labute approximate surface area is 295 Å². The van der Waals surface area contributed by atoms with Gasteiger partial charge in [0.2, 0.25) is 0 Å². The van der Waals surface area contributed by atoms with Gasteiger partial charge in [-0.1, -0.05) is 140 Å². The molecular weight excluding hydrogens is 625 g/mol. The fraction of sp³-hybridized carbons (Fsp3) is 0. The lowest BCUT2D eigenvalue weighted by molar-refractivity contribution is 1.07. The Balaban J connectivity index is 0.981. The van der Waals surface area contributed by atoms with Gasteiger partial charge in [-0.15, -0.1) is 0 Å². The van der Waals surface area contributed by atoms with Crippen molar-refractivity contribution in [3.8, 4) is 73.6 Å². The van der Waals surface area contributed by atoms with E-state index in [4.69, 9.17) is 24.9 Å². The number of rotatable bonds is 7. The average Bonchev–Trinajstić information content (AvgIpc) is 3.62. The third-order valence-corrected chi connectivity index (χ3v) is 8.95. The highest BCUT2D eigenvalue weighted by atomic mass is 15.1. The van der Waals surface area contributed by atoms with Crippen molar-refractivity contribution < 1.29 is 0 Å². The number of aromatic nitrogens is 6. The van der Waals surface area contributed by atoms with Crippen LogP contribution in [0.5, 0.6) is 0 Å². The first-order chi connectivity index (χ1) is 25.3. The van der Waals surface area contributed by atoms with Crippen LogP contribution < -0.4 is 0 Å². The first kappa shape index (κ1) is 30.0. The minimum atomic E-state index is 0.637. The molecule has 6 nitrogen and oxygen atoms in total. The van der Waals surface area contributed by atoms with Crippen LogP contribution in [0.4, 0.5) is 0 Å². The molecule has 6 heteroatoms. The molecule has 0 N–H and O–H groups in total. The van der Waals surface area contributed by atoms with Crippen molar-refractivity contribution in [2.24, 2.45) is 0 Å². The fourth-order valence-electron chi connectivity index (χ4n) is 6.34. The van der Waals surface area contributed by atoms with Crippen LogP contribution in [0.3, 0.4) is 0 Å². The lowest BCUT2D eigenvalue weighted by atomic mass is 10.0. The van der Waals surface area contributed by atoms with Gasteiger partial charge >= 0.3 is 0 Å². The first-order valence-corrected chi connectivity index (χ1v) is 16.8. The summed E-state index contributed by atoms with van der Waals surface area (Å²) in [5.41, 5.74) is 11.0. The highest BCUT2D eigenvalue weighted by Gasteiger charge is 2.15. The monoisotopic (exact) mass is 654 g/mol. The summed E-state index contributed by atoms with van der Waals surface area (Å²) >= 11 is 0. The van der Waals surface area contributed by atoms with Crippen molar-refractivity contribution in [2.75, 3.05) is 0 Å². The minimum absolute atomic E-state index is 0.637. The molecule has 0 amide bonds. The molecule has 240 valence electrons. The Morgan fingerprint density at radius 1 is 0.333 bits per heavy atom. The molecule has 3 heterocycles. The van der Waals surface area contributed by atoms with E-state index in [1.807, 2.05) is 103 Å². The first-order valence-electron chi connectivity index (χ1n) is 16.8. The largest absolute Gasteiger partial charge is 0.292 e. The van der Waals surface area contributed by atoms with Crippen LogP contribution in [0, 0.1) is 0 Å². The van der Waals surface area contributed by atoms with Crippen molar-refractivity contribution in [3.63, 3.8) is 0 Å². The van der Waals surface area contributed by atoms with Gasteiger partial charge in [0.25, 0.3) is 0 Å². The molecule has 0 radical (unpaired) electrons. The highest BCUT2D eigenvalue weighted by molar-refractivity contribution is 5.83. The van der Waals surface area contributed by atoms with Crippen molar-refractivity contribution in [1.29, 1.82) is 0 Å². The van der Waals surface area contributed by atoms with Gasteiger partial charge in [-0.05, 0) is 47.5 Å². The number of pyridine rings is 1. The van der Waals surface area contributed by atoms with Gasteiger partial charge < -0.3 is 0 Å².